The molecule has 7 heteroatoms. The molecule has 0 atom stereocenters. The number of anilines is 1. The SMILES string of the molecule is C=CCn1ccc2c(OCC(=O)Nc3ccc(Cl)c(Cl)c3)cccc2c1=O. The van der Waals surface area contributed by atoms with Crippen LogP contribution in [0.25, 0.3) is 10.8 Å². The van der Waals surface area contributed by atoms with E-state index in [1.807, 2.05) is 0 Å². The molecule has 0 aliphatic rings. The fourth-order valence-electron chi connectivity index (χ4n) is 2.61. The maximum Gasteiger partial charge on any atom is 0.262 e. The van der Waals surface area contributed by atoms with Crippen molar-refractivity contribution in [1.82, 2.24) is 4.57 Å². The predicted molar refractivity (Wildman–Crippen MR) is 109 cm³/mol. The number of carbonyl (C=O) groups excluding carboxylic acids is 1. The zero-order chi connectivity index (χ0) is 19.4. The Balaban J connectivity index is 1.75. The standard InChI is InChI=1S/C20H16Cl2N2O3/c1-2-9-24-10-8-14-15(20(24)26)4-3-5-18(14)27-12-19(25)23-13-6-7-16(21)17(22)11-13/h2-8,10-11H,1,9,12H2,(H,23,25). The summed E-state index contributed by atoms with van der Waals surface area (Å²) in [6.07, 6.45) is 3.33. The zero-order valence-corrected chi connectivity index (χ0v) is 15.8. The van der Waals surface area contributed by atoms with Gasteiger partial charge < -0.3 is 14.6 Å². The maximum absolute atomic E-state index is 12.5. The summed E-state index contributed by atoms with van der Waals surface area (Å²) in [6.45, 7) is 3.85. The van der Waals surface area contributed by atoms with Crippen molar-refractivity contribution in [3.8, 4) is 5.75 Å². The third kappa shape index (κ3) is 4.32. The highest BCUT2D eigenvalue weighted by Gasteiger charge is 2.10. The molecule has 1 heterocycles. The van der Waals surface area contributed by atoms with Crippen LogP contribution in [0, 0.1) is 0 Å². The van der Waals surface area contributed by atoms with Gasteiger partial charge in [-0.2, -0.15) is 0 Å². The molecule has 0 saturated carbocycles. The van der Waals surface area contributed by atoms with Crippen LogP contribution in [0.5, 0.6) is 5.75 Å². The first-order valence-electron chi connectivity index (χ1n) is 8.10. The average Bonchev–Trinajstić information content (AvgIpc) is 2.65. The van der Waals surface area contributed by atoms with E-state index in [0.717, 1.165) is 0 Å². The summed E-state index contributed by atoms with van der Waals surface area (Å²) in [4.78, 5) is 24.6. The van der Waals surface area contributed by atoms with Crippen molar-refractivity contribution in [1.29, 1.82) is 0 Å². The summed E-state index contributed by atoms with van der Waals surface area (Å²) in [5, 5.41) is 4.59. The number of allylic oxidation sites excluding steroid dienone is 1. The highest BCUT2D eigenvalue weighted by Crippen LogP contribution is 2.25. The van der Waals surface area contributed by atoms with E-state index >= 15 is 0 Å². The second-order valence-electron chi connectivity index (χ2n) is 5.75. The first-order chi connectivity index (χ1) is 13.0. The molecule has 5 nitrogen and oxygen atoms in total. The Kier molecular flexibility index (Phi) is 5.84. The van der Waals surface area contributed by atoms with E-state index in [2.05, 4.69) is 11.9 Å². The molecule has 1 aromatic heterocycles. The topological polar surface area (TPSA) is 60.3 Å². The quantitative estimate of drug-likeness (QED) is 0.616. The molecule has 2 aromatic carbocycles. The summed E-state index contributed by atoms with van der Waals surface area (Å²) in [7, 11) is 0. The lowest BCUT2D eigenvalue weighted by Crippen LogP contribution is -2.21. The Morgan fingerprint density at radius 1 is 1.15 bits per heavy atom. The summed E-state index contributed by atoms with van der Waals surface area (Å²) >= 11 is 11.8. The van der Waals surface area contributed by atoms with E-state index in [1.54, 1.807) is 59.3 Å². The van der Waals surface area contributed by atoms with Gasteiger partial charge in [0.15, 0.2) is 6.61 Å². The molecule has 0 bridgehead atoms. The molecule has 0 unspecified atom stereocenters. The number of ether oxygens (including phenoxy) is 1. The minimum absolute atomic E-state index is 0.141. The van der Waals surface area contributed by atoms with E-state index in [-0.39, 0.29) is 18.1 Å². The van der Waals surface area contributed by atoms with Crippen LogP contribution < -0.4 is 15.6 Å². The number of aromatic nitrogens is 1. The second kappa shape index (κ2) is 8.29. The molecule has 1 N–H and O–H groups in total. The van der Waals surface area contributed by atoms with Crippen LogP contribution >= 0.6 is 23.2 Å². The third-order valence-corrected chi connectivity index (χ3v) is 4.61. The number of carbonyl (C=O) groups is 1. The molecule has 27 heavy (non-hydrogen) atoms. The van der Waals surface area contributed by atoms with Gasteiger partial charge in [-0.15, -0.1) is 6.58 Å². The molecule has 0 saturated heterocycles. The van der Waals surface area contributed by atoms with Crippen molar-refractivity contribution in [2.24, 2.45) is 0 Å². The largest absolute Gasteiger partial charge is 0.483 e. The van der Waals surface area contributed by atoms with Crippen LogP contribution in [0.2, 0.25) is 10.0 Å². The number of hydrogen-bond acceptors (Lipinski definition) is 3. The average molecular weight is 403 g/mol. The maximum atomic E-state index is 12.5. The summed E-state index contributed by atoms with van der Waals surface area (Å²) in [5.74, 6) is 0.102. The summed E-state index contributed by atoms with van der Waals surface area (Å²) in [5.41, 5.74) is 0.376. The molecule has 0 aliphatic carbocycles. The van der Waals surface area contributed by atoms with Crippen LogP contribution in [0.1, 0.15) is 0 Å². The fourth-order valence-corrected chi connectivity index (χ4v) is 2.91. The summed E-state index contributed by atoms with van der Waals surface area (Å²) < 4.78 is 7.17. The van der Waals surface area contributed by atoms with Crippen LogP contribution in [0.3, 0.4) is 0 Å². The Bertz CT molecular complexity index is 1080. The van der Waals surface area contributed by atoms with Crippen LogP contribution in [0.15, 0.2) is 66.1 Å². The highest BCUT2D eigenvalue weighted by atomic mass is 35.5. The van der Waals surface area contributed by atoms with E-state index in [1.165, 1.54) is 0 Å². The molecule has 0 spiro atoms. The first-order valence-corrected chi connectivity index (χ1v) is 8.86. The van der Waals surface area contributed by atoms with Crippen LogP contribution in [-0.2, 0) is 11.3 Å². The van der Waals surface area contributed by atoms with Gasteiger partial charge in [0.1, 0.15) is 5.75 Å². The lowest BCUT2D eigenvalue weighted by molar-refractivity contribution is -0.118. The van der Waals surface area contributed by atoms with Gasteiger partial charge in [-0.3, -0.25) is 9.59 Å². The minimum atomic E-state index is -0.356. The Morgan fingerprint density at radius 2 is 1.96 bits per heavy atom. The molecule has 138 valence electrons. The Labute approximate surface area is 165 Å². The van der Waals surface area contributed by atoms with Crippen molar-refractivity contribution >= 4 is 45.6 Å². The number of benzene rings is 2. The van der Waals surface area contributed by atoms with Crippen molar-refractivity contribution in [3.05, 3.63) is 81.7 Å². The number of fused-ring (bicyclic) bond motifs is 1. The number of halogens is 2. The zero-order valence-electron chi connectivity index (χ0n) is 14.2. The molecule has 0 aliphatic heterocycles. The number of nitrogens with one attached hydrogen (secondary N) is 1. The summed E-state index contributed by atoms with van der Waals surface area (Å²) in [6, 6.07) is 11.7. The van der Waals surface area contributed by atoms with Crippen molar-refractivity contribution in [2.45, 2.75) is 6.54 Å². The first kappa shape index (κ1) is 19.0. The number of hydrogen-bond donors (Lipinski definition) is 1. The smallest absolute Gasteiger partial charge is 0.262 e. The number of pyridine rings is 1. The molecule has 0 fully saturated rings. The predicted octanol–water partition coefficient (Wildman–Crippen LogP) is 4.51. The van der Waals surface area contributed by atoms with Gasteiger partial charge >= 0.3 is 0 Å². The van der Waals surface area contributed by atoms with Gasteiger partial charge in [-0.05, 0) is 36.4 Å². The number of rotatable bonds is 6. The van der Waals surface area contributed by atoms with Gasteiger partial charge in [0.05, 0.1) is 15.4 Å². The molecule has 3 aromatic rings. The van der Waals surface area contributed by atoms with E-state index < -0.39 is 0 Å². The molecular formula is C20H16Cl2N2O3. The van der Waals surface area contributed by atoms with Gasteiger partial charge in [0.25, 0.3) is 11.5 Å². The lowest BCUT2D eigenvalue weighted by Gasteiger charge is -2.11. The van der Waals surface area contributed by atoms with Crippen molar-refractivity contribution in [2.75, 3.05) is 11.9 Å². The number of amides is 1. The van der Waals surface area contributed by atoms with Crippen LogP contribution in [0.4, 0.5) is 5.69 Å². The number of nitrogens with zero attached hydrogens (tertiary/aromatic N) is 1. The van der Waals surface area contributed by atoms with Crippen LogP contribution in [-0.4, -0.2) is 17.1 Å². The van der Waals surface area contributed by atoms with E-state index in [0.29, 0.717) is 38.8 Å². The molecular weight excluding hydrogens is 387 g/mol. The van der Waals surface area contributed by atoms with E-state index in [9.17, 15) is 9.59 Å². The fraction of sp³-hybridized carbons (Fsp3) is 0.100. The Morgan fingerprint density at radius 3 is 2.70 bits per heavy atom. The molecule has 1 amide bonds. The van der Waals surface area contributed by atoms with E-state index in [4.69, 9.17) is 27.9 Å². The second-order valence-corrected chi connectivity index (χ2v) is 6.56. The third-order valence-electron chi connectivity index (χ3n) is 3.87. The van der Waals surface area contributed by atoms with Gasteiger partial charge in [-0.1, -0.05) is 35.3 Å². The highest BCUT2D eigenvalue weighted by molar-refractivity contribution is 6.42. The van der Waals surface area contributed by atoms with Gasteiger partial charge in [-0.25, -0.2) is 0 Å². The normalized spacial score (nSPS) is 10.6. The molecule has 0 radical (unpaired) electrons. The van der Waals surface area contributed by atoms with Crippen molar-refractivity contribution < 1.29 is 9.53 Å². The Hall–Kier alpha value is -2.76. The molecule has 3 rings (SSSR count). The minimum Gasteiger partial charge on any atom is -0.483 e. The monoisotopic (exact) mass is 402 g/mol. The lowest BCUT2D eigenvalue weighted by atomic mass is 10.1. The van der Waals surface area contributed by atoms with Crippen molar-refractivity contribution in [3.63, 3.8) is 0 Å². The van der Waals surface area contributed by atoms with Gasteiger partial charge in [0, 0.05) is 23.8 Å². The van der Waals surface area contributed by atoms with Gasteiger partial charge in [0.2, 0.25) is 0 Å².